The van der Waals surface area contributed by atoms with Crippen molar-refractivity contribution < 1.29 is 9.53 Å². The third-order valence-electron chi connectivity index (χ3n) is 3.47. The van der Waals surface area contributed by atoms with E-state index in [1.807, 2.05) is 26.8 Å². The molecule has 0 aromatic heterocycles. The van der Waals surface area contributed by atoms with Crippen LogP contribution in [-0.2, 0) is 4.74 Å². The van der Waals surface area contributed by atoms with Gasteiger partial charge in [-0.3, -0.25) is 0 Å². The summed E-state index contributed by atoms with van der Waals surface area (Å²) in [6.45, 7) is 7.71. The first kappa shape index (κ1) is 13.9. The van der Waals surface area contributed by atoms with Crippen LogP contribution >= 0.6 is 0 Å². The lowest BCUT2D eigenvalue weighted by atomic mass is 9.67. The monoisotopic (exact) mass is 261 g/mol. The predicted molar refractivity (Wildman–Crippen MR) is 76.2 cm³/mol. The number of benzene rings is 1. The summed E-state index contributed by atoms with van der Waals surface area (Å²) in [5.74, 6) is 0.543. The van der Waals surface area contributed by atoms with E-state index >= 15 is 0 Å². The topological polar surface area (TPSA) is 38.3 Å². The molecule has 3 heteroatoms. The number of rotatable bonds is 2. The highest BCUT2D eigenvalue weighted by atomic mass is 16.6. The molecule has 1 fully saturated rings. The highest BCUT2D eigenvalue weighted by molar-refractivity contribution is 5.69. The first-order valence-corrected chi connectivity index (χ1v) is 6.84. The van der Waals surface area contributed by atoms with Crippen LogP contribution in [0.4, 0.5) is 4.79 Å². The fourth-order valence-electron chi connectivity index (χ4n) is 2.64. The maximum atomic E-state index is 11.8. The number of carbonyl (C=O) groups excluding carboxylic acids is 1. The zero-order chi connectivity index (χ0) is 14.1. The molecule has 0 atom stereocenters. The molecule has 19 heavy (non-hydrogen) atoms. The number of hydrogen-bond acceptors (Lipinski definition) is 2. The van der Waals surface area contributed by atoms with Crippen LogP contribution in [0.25, 0.3) is 0 Å². The van der Waals surface area contributed by atoms with Crippen LogP contribution in [0, 0.1) is 0 Å². The molecular weight excluding hydrogens is 238 g/mol. The lowest BCUT2D eigenvalue weighted by molar-refractivity contribution is 0.0382. The maximum absolute atomic E-state index is 11.8. The van der Waals surface area contributed by atoms with Gasteiger partial charge in [-0.2, -0.15) is 0 Å². The van der Waals surface area contributed by atoms with Gasteiger partial charge in [0.05, 0.1) is 0 Å². The summed E-state index contributed by atoms with van der Waals surface area (Å²) in [4.78, 5) is 11.8. The van der Waals surface area contributed by atoms with Crippen molar-refractivity contribution in [3.05, 3.63) is 35.9 Å². The van der Waals surface area contributed by atoms with Crippen molar-refractivity contribution >= 4 is 6.09 Å². The third kappa shape index (κ3) is 3.72. The van der Waals surface area contributed by atoms with Gasteiger partial charge in [0.1, 0.15) is 5.60 Å². The molecule has 104 valence electrons. The Hall–Kier alpha value is -1.51. The average molecular weight is 261 g/mol. The van der Waals surface area contributed by atoms with E-state index in [2.05, 4.69) is 36.5 Å². The lowest BCUT2D eigenvalue weighted by Crippen LogP contribution is -2.55. The van der Waals surface area contributed by atoms with Crippen LogP contribution in [0.5, 0.6) is 0 Å². The largest absolute Gasteiger partial charge is 0.444 e. The molecule has 1 aromatic carbocycles. The average Bonchev–Trinajstić information content (AvgIpc) is 2.24. The summed E-state index contributed by atoms with van der Waals surface area (Å²) in [5.41, 5.74) is 0.775. The second-order valence-electron chi connectivity index (χ2n) is 6.70. The van der Waals surface area contributed by atoms with Crippen LogP contribution in [-0.4, -0.2) is 17.2 Å². The first-order chi connectivity index (χ1) is 8.77. The Labute approximate surface area is 115 Å². The zero-order valence-electron chi connectivity index (χ0n) is 12.2. The maximum Gasteiger partial charge on any atom is 0.408 e. The van der Waals surface area contributed by atoms with Crippen LogP contribution in [0.1, 0.15) is 52.0 Å². The Balaban J connectivity index is 1.86. The Bertz CT molecular complexity index is 442. The summed E-state index contributed by atoms with van der Waals surface area (Å²) in [5, 5.41) is 2.99. The molecule has 0 bridgehead atoms. The fourth-order valence-corrected chi connectivity index (χ4v) is 2.64. The van der Waals surface area contributed by atoms with Gasteiger partial charge in [0.15, 0.2) is 0 Å². The SMILES string of the molecule is CC1(NC(=O)OC(C)(C)C)CC(c2ccccc2)C1. The predicted octanol–water partition coefficient (Wildman–Crippen LogP) is 3.85. The van der Waals surface area contributed by atoms with Gasteiger partial charge >= 0.3 is 6.09 Å². The summed E-state index contributed by atoms with van der Waals surface area (Å²) in [6.07, 6.45) is 1.62. The number of ether oxygens (including phenoxy) is 1. The van der Waals surface area contributed by atoms with E-state index in [1.165, 1.54) is 5.56 Å². The van der Waals surface area contributed by atoms with E-state index in [-0.39, 0.29) is 11.6 Å². The fraction of sp³-hybridized carbons (Fsp3) is 0.562. The minimum absolute atomic E-state index is 0.136. The first-order valence-electron chi connectivity index (χ1n) is 6.84. The van der Waals surface area contributed by atoms with Gasteiger partial charge in [-0.1, -0.05) is 30.3 Å². The number of nitrogens with one attached hydrogen (secondary N) is 1. The van der Waals surface area contributed by atoms with Crippen molar-refractivity contribution in [3.63, 3.8) is 0 Å². The van der Waals surface area contributed by atoms with Crippen LogP contribution in [0.2, 0.25) is 0 Å². The highest BCUT2D eigenvalue weighted by Crippen LogP contribution is 2.44. The lowest BCUT2D eigenvalue weighted by Gasteiger charge is -2.46. The van der Waals surface area contributed by atoms with Gasteiger partial charge in [-0.25, -0.2) is 4.79 Å². The molecule has 1 aliphatic rings. The molecule has 0 unspecified atom stereocenters. The Morgan fingerprint density at radius 1 is 1.26 bits per heavy atom. The van der Waals surface area contributed by atoms with E-state index < -0.39 is 5.60 Å². The van der Waals surface area contributed by atoms with E-state index in [0.29, 0.717) is 5.92 Å². The van der Waals surface area contributed by atoms with Crippen molar-refractivity contribution in [2.75, 3.05) is 0 Å². The van der Waals surface area contributed by atoms with Crippen LogP contribution in [0.15, 0.2) is 30.3 Å². The van der Waals surface area contributed by atoms with E-state index in [4.69, 9.17) is 4.74 Å². The smallest absolute Gasteiger partial charge is 0.408 e. The molecule has 1 N–H and O–H groups in total. The Morgan fingerprint density at radius 3 is 2.37 bits per heavy atom. The van der Waals surface area contributed by atoms with Crippen molar-refractivity contribution in [1.82, 2.24) is 5.32 Å². The van der Waals surface area contributed by atoms with Gasteiger partial charge in [0.2, 0.25) is 0 Å². The van der Waals surface area contributed by atoms with Gasteiger partial charge in [0.25, 0.3) is 0 Å². The van der Waals surface area contributed by atoms with E-state index in [9.17, 15) is 4.79 Å². The van der Waals surface area contributed by atoms with Crippen LogP contribution in [0.3, 0.4) is 0 Å². The number of alkyl carbamates (subject to hydrolysis) is 1. The second kappa shape index (κ2) is 4.87. The van der Waals surface area contributed by atoms with Crippen molar-refractivity contribution in [2.45, 2.75) is 57.6 Å². The summed E-state index contributed by atoms with van der Waals surface area (Å²) < 4.78 is 5.30. The van der Waals surface area contributed by atoms with Gasteiger partial charge in [-0.15, -0.1) is 0 Å². The number of hydrogen-bond donors (Lipinski definition) is 1. The molecule has 1 amide bonds. The van der Waals surface area contributed by atoms with E-state index in [1.54, 1.807) is 0 Å². The molecule has 1 aliphatic carbocycles. The Kier molecular flexibility index (Phi) is 3.57. The minimum atomic E-state index is -0.441. The van der Waals surface area contributed by atoms with Gasteiger partial charge in [-0.05, 0) is 52.0 Å². The standard InChI is InChI=1S/C16H23NO2/c1-15(2,3)19-14(18)17-16(4)10-13(11-16)12-8-6-5-7-9-12/h5-9,13H,10-11H2,1-4H3,(H,17,18). The summed E-state index contributed by atoms with van der Waals surface area (Å²) in [7, 11) is 0. The molecule has 0 heterocycles. The molecule has 3 nitrogen and oxygen atoms in total. The molecule has 0 spiro atoms. The number of amides is 1. The van der Waals surface area contributed by atoms with E-state index in [0.717, 1.165) is 12.8 Å². The molecule has 0 saturated heterocycles. The summed E-state index contributed by atoms with van der Waals surface area (Å²) >= 11 is 0. The molecule has 2 rings (SSSR count). The summed E-state index contributed by atoms with van der Waals surface area (Å²) in [6, 6.07) is 10.5. The van der Waals surface area contributed by atoms with Crippen LogP contribution < -0.4 is 5.32 Å². The van der Waals surface area contributed by atoms with Gasteiger partial charge < -0.3 is 10.1 Å². The normalized spacial score (nSPS) is 26.4. The molecule has 1 saturated carbocycles. The molecular formula is C16H23NO2. The Morgan fingerprint density at radius 2 is 1.84 bits per heavy atom. The molecule has 1 aromatic rings. The van der Waals surface area contributed by atoms with Gasteiger partial charge in [0, 0.05) is 5.54 Å². The third-order valence-corrected chi connectivity index (χ3v) is 3.47. The number of carbonyl (C=O) groups is 1. The highest BCUT2D eigenvalue weighted by Gasteiger charge is 2.42. The second-order valence-corrected chi connectivity index (χ2v) is 6.70. The van der Waals surface area contributed by atoms with Crippen molar-refractivity contribution in [2.24, 2.45) is 0 Å². The molecule has 0 radical (unpaired) electrons. The zero-order valence-corrected chi connectivity index (χ0v) is 12.2. The minimum Gasteiger partial charge on any atom is -0.444 e. The van der Waals surface area contributed by atoms with Crippen molar-refractivity contribution in [1.29, 1.82) is 0 Å². The molecule has 0 aliphatic heterocycles. The van der Waals surface area contributed by atoms with Crippen molar-refractivity contribution in [3.8, 4) is 0 Å². The quantitative estimate of drug-likeness (QED) is 0.878.